The molecular weight excluding hydrogens is 316 g/mol. The van der Waals surface area contributed by atoms with Crippen molar-refractivity contribution in [2.45, 2.75) is 36.7 Å². The summed E-state index contributed by atoms with van der Waals surface area (Å²) in [6, 6.07) is 6.46. The summed E-state index contributed by atoms with van der Waals surface area (Å²) < 4.78 is 0. The van der Waals surface area contributed by atoms with Gasteiger partial charge in [-0.05, 0) is 37.6 Å². The van der Waals surface area contributed by atoms with E-state index in [9.17, 15) is 4.79 Å². The Morgan fingerprint density at radius 3 is 2.80 bits per heavy atom. The average Bonchev–Trinajstić information content (AvgIpc) is 2.83. The Morgan fingerprint density at radius 2 is 2.15 bits per heavy atom. The molecule has 0 N–H and O–H groups in total. The fraction of sp³-hybridized carbons (Fsp3) is 0.562. The van der Waals surface area contributed by atoms with Crippen molar-refractivity contribution in [2.24, 2.45) is 0 Å². The van der Waals surface area contributed by atoms with Gasteiger partial charge in [-0.15, -0.1) is 0 Å². The largest absolute Gasteiger partial charge is 0.358 e. The van der Waals surface area contributed by atoms with Crippen LogP contribution in [0.1, 0.15) is 36.2 Å². The average molecular weight is 337 g/mol. The first kappa shape index (κ1) is 14.1. The molecule has 4 heteroatoms. The summed E-state index contributed by atoms with van der Waals surface area (Å²) in [7, 11) is 4.37. The maximum absolute atomic E-state index is 11.6. The van der Waals surface area contributed by atoms with Crippen molar-refractivity contribution in [1.82, 2.24) is 4.90 Å². The van der Waals surface area contributed by atoms with Crippen molar-refractivity contribution in [1.29, 1.82) is 0 Å². The maximum atomic E-state index is 11.6. The van der Waals surface area contributed by atoms with Gasteiger partial charge in [0.1, 0.15) is 5.78 Å². The summed E-state index contributed by atoms with van der Waals surface area (Å²) in [6.07, 6.45) is 1.60. The second-order valence-corrected chi connectivity index (χ2v) is 7.30. The lowest BCUT2D eigenvalue weighted by molar-refractivity contribution is -0.116. The van der Waals surface area contributed by atoms with Crippen LogP contribution in [0, 0.1) is 0 Å². The van der Waals surface area contributed by atoms with Gasteiger partial charge in [0.25, 0.3) is 0 Å². The Hall–Kier alpha value is -0.870. The molecule has 1 aromatic rings. The van der Waals surface area contributed by atoms with Crippen LogP contribution >= 0.6 is 15.9 Å². The number of Topliss-reactive ketones (excluding diaryl/α,β-unsaturated/α-hetero) is 1. The molecule has 0 saturated carbocycles. The lowest BCUT2D eigenvalue weighted by atomic mass is 9.80. The lowest BCUT2D eigenvalue weighted by Crippen LogP contribution is -2.45. The molecule has 3 nitrogen and oxygen atoms in total. The molecule has 0 aromatic heterocycles. The molecule has 2 aliphatic rings. The highest BCUT2D eigenvalue weighted by atomic mass is 79.9. The zero-order valence-electron chi connectivity index (χ0n) is 12.5. The van der Waals surface area contributed by atoms with E-state index in [2.05, 4.69) is 64.9 Å². The van der Waals surface area contributed by atoms with Gasteiger partial charge >= 0.3 is 0 Å². The number of carbonyl (C=O) groups is 1. The van der Waals surface area contributed by atoms with Crippen molar-refractivity contribution >= 4 is 27.4 Å². The molecule has 3 atom stereocenters. The molecule has 2 aliphatic heterocycles. The van der Waals surface area contributed by atoms with Gasteiger partial charge in [-0.1, -0.05) is 35.0 Å². The van der Waals surface area contributed by atoms with E-state index in [1.54, 1.807) is 6.92 Å². The van der Waals surface area contributed by atoms with E-state index in [0.717, 1.165) is 12.1 Å². The van der Waals surface area contributed by atoms with Gasteiger partial charge in [0.05, 0.1) is 11.0 Å². The van der Waals surface area contributed by atoms with Crippen LogP contribution in [0.5, 0.6) is 0 Å². The number of hydrogen-bond acceptors (Lipinski definition) is 3. The first-order valence-corrected chi connectivity index (χ1v) is 8.00. The van der Waals surface area contributed by atoms with Gasteiger partial charge < -0.3 is 4.90 Å². The van der Waals surface area contributed by atoms with Crippen molar-refractivity contribution < 1.29 is 4.79 Å². The number of anilines is 1. The van der Waals surface area contributed by atoms with E-state index in [4.69, 9.17) is 0 Å². The molecular formula is C16H21BrN2O. The number of hydrogen-bond donors (Lipinski definition) is 0. The fourth-order valence-electron chi connectivity index (χ4n) is 3.99. The Kier molecular flexibility index (Phi) is 3.22. The molecule has 20 heavy (non-hydrogen) atoms. The molecule has 1 saturated heterocycles. The van der Waals surface area contributed by atoms with Gasteiger partial charge in [0.15, 0.2) is 0 Å². The molecule has 3 unspecified atom stereocenters. The molecule has 108 valence electrons. The van der Waals surface area contributed by atoms with Gasteiger partial charge in [0.2, 0.25) is 0 Å². The monoisotopic (exact) mass is 336 g/mol. The highest BCUT2D eigenvalue weighted by Crippen LogP contribution is 2.51. The van der Waals surface area contributed by atoms with Crippen molar-refractivity contribution in [3.8, 4) is 0 Å². The van der Waals surface area contributed by atoms with Crippen LogP contribution in [-0.2, 0) is 10.2 Å². The van der Waals surface area contributed by atoms with E-state index in [1.165, 1.54) is 17.7 Å². The number of fused-ring (bicyclic) bond motifs is 3. The normalized spacial score (nSPS) is 30.2. The molecule has 0 amide bonds. The second-order valence-electron chi connectivity index (χ2n) is 6.38. The Balaban J connectivity index is 2.09. The maximum Gasteiger partial charge on any atom is 0.147 e. The van der Waals surface area contributed by atoms with Gasteiger partial charge in [-0.25, -0.2) is 0 Å². The smallest absolute Gasteiger partial charge is 0.147 e. The fourth-order valence-corrected chi connectivity index (χ4v) is 4.27. The summed E-state index contributed by atoms with van der Waals surface area (Å²) in [5, 5.41) is 0. The van der Waals surface area contributed by atoms with Crippen LogP contribution in [0.15, 0.2) is 18.2 Å². The quantitative estimate of drug-likeness (QED) is 0.775. The molecule has 0 aliphatic carbocycles. The number of alkyl halides is 1. The first-order valence-electron chi connectivity index (χ1n) is 7.08. The van der Waals surface area contributed by atoms with E-state index in [1.807, 2.05) is 0 Å². The third-order valence-electron chi connectivity index (χ3n) is 5.00. The Labute approximate surface area is 129 Å². The predicted octanol–water partition coefficient (Wildman–Crippen LogP) is 3.08. The number of carbonyl (C=O) groups excluding carboxylic acids is 1. The lowest BCUT2D eigenvalue weighted by Gasteiger charge is -2.32. The molecule has 2 heterocycles. The first-order chi connectivity index (χ1) is 9.36. The topological polar surface area (TPSA) is 23.6 Å². The molecule has 3 rings (SSSR count). The van der Waals surface area contributed by atoms with Crippen LogP contribution in [0.2, 0.25) is 0 Å². The number of benzene rings is 1. The molecule has 0 bridgehead atoms. The zero-order chi connectivity index (χ0) is 14.7. The minimum Gasteiger partial charge on any atom is -0.358 e. The van der Waals surface area contributed by atoms with Crippen LogP contribution in [0.25, 0.3) is 0 Å². The molecule has 0 radical (unpaired) electrons. The van der Waals surface area contributed by atoms with Gasteiger partial charge in [-0.3, -0.25) is 9.69 Å². The van der Waals surface area contributed by atoms with Crippen LogP contribution in [0.3, 0.4) is 0 Å². The third-order valence-corrected chi connectivity index (χ3v) is 6.18. The van der Waals surface area contributed by atoms with Crippen molar-refractivity contribution in [3.05, 3.63) is 29.3 Å². The molecule has 1 fully saturated rings. The summed E-state index contributed by atoms with van der Waals surface area (Å²) in [4.78, 5) is 16.2. The Bertz CT molecular complexity index is 574. The van der Waals surface area contributed by atoms with E-state index >= 15 is 0 Å². The van der Waals surface area contributed by atoms with Crippen LogP contribution in [-0.4, -0.2) is 37.5 Å². The molecule has 1 aromatic carbocycles. The summed E-state index contributed by atoms with van der Waals surface area (Å²) >= 11 is 3.50. The highest BCUT2D eigenvalue weighted by molar-refractivity contribution is 9.09. The minimum absolute atomic E-state index is 0.154. The van der Waals surface area contributed by atoms with E-state index < -0.39 is 0 Å². The zero-order valence-corrected chi connectivity index (χ0v) is 14.1. The number of likely N-dealkylation sites (tertiary alicyclic amines) is 1. The summed E-state index contributed by atoms with van der Waals surface area (Å²) in [5.41, 5.74) is 3.92. The number of ketones is 1. The van der Waals surface area contributed by atoms with Gasteiger partial charge in [0, 0.05) is 24.7 Å². The van der Waals surface area contributed by atoms with Crippen LogP contribution in [0.4, 0.5) is 5.69 Å². The molecule has 0 spiro atoms. The summed E-state index contributed by atoms with van der Waals surface area (Å²) in [6.45, 7) is 5.11. The second kappa shape index (κ2) is 4.57. The SMILES string of the molecule is CC(=O)C(Br)c1ccc2c(c1)C1(C)CCN(C)C1N2C. The highest BCUT2D eigenvalue weighted by Gasteiger charge is 2.52. The third kappa shape index (κ3) is 1.77. The number of nitrogens with zero attached hydrogens (tertiary/aromatic N) is 2. The number of rotatable bonds is 2. The van der Waals surface area contributed by atoms with Crippen molar-refractivity contribution in [2.75, 3.05) is 25.5 Å². The van der Waals surface area contributed by atoms with Crippen LogP contribution < -0.4 is 4.90 Å². The Morgan fingerprint density at radius 1 is 1.45 bits per heavy atom. The van der Waals surface area contributed by atoms with Crippen molar-refractivity contribution in [3.63, 3.8) is 0 Å². The van der Waals surface area contributed by atoms with E-state index in [-0.39, 0.29) is 16.0 Å². The predicted molar refractivity (Wildman–Crippen MR) is 85.6 cm³/mol. The standard InChI is InChI=1S/C16H21BrN2O/c1-10(20)14(17)11-5-6-13-12(9-11)16(2)7-8-18(3)15(16)19(13)4/h5-6,9,14-15H,7-8H2,1-4H3. The summed E-state index contributed by atoms with van der Waals surface area (Å²) in [5.74, 6) is 0.154. The van der Waals surface area contributed by atoms with E-state index in [0.29, 0.717) is 6.17 Å². The number of halogens is 1. The van der Waals surface area contributed by atoms with Gasteiger partial charge in [-0.2, -0.15) is 0 Å². The number of likely N-dealkylation sites (N-methyl/N-ethyl adjacent to an activating group) is 2. The minimum atomic E-state index is -0.195.